The Morgan fingerprint density at radius 3 is 2.45 bits per heavy atom. The molecule has 1 rings (SSSR count). The summed E-state index contributed by atoms with van der Waals surface area (Å²) < 4.78 is 46.5. The van der Waals surface area contributed by atoms with Crippen molar-refractivity contribution in [3.63, 3.8) is 0 Å². The minimum absolute atomic E-state index is 0.157. The average molecular weight is 290 g/mol. The van der Waals surface area contributed by atoms with E-state index in [4.69, 9.17) is 0 Å². The molecule has 0 amide bonds. The van der Waals surface area contributed by atoms with Gasteiger partial charge < -0.3 is 9.47 Å². The molecule has 0 heterocycles. The van der Waals surface area contributed by atoms with Crippen LogP contribution in [0.25, 0.3) is 0 Å². The summed E-state index contributed by atoms with van der Waals surface area (Å²) in [6, 6.07) is 4.36. The molecule has 0 radical (unpaired) electrons. The fourth-order valence-corrected chi connectivity index (χ4v) is 1.42. The Balaban J connectivity index is 2.56. The number of ether oxygens (including phenoxy) is 2. The maximum absolute atomic E-state index is 12.5. The van der Waals surface area contributed by atoms with Crippen molar-refractivity contribution in [3.8, 4) is 0 Å². The average Bonchev–Trinajstić information content (AvgIpc) is 2.36. The van der Waals surface area contributed by atoms with Gasteiger partial charge in [0.2, 0.25) is 0 Å². The molecule has 0 saturated heterocycles. The number of rotatable bonds is 5. The highest BCUT2D eigenvalue weighted by Gasteiger charge is 2.30. The van der Waals surface area contributed by atoms with Crippen LogP contribution in [-0.2, 0) is 31.7 Å². The van der Waals surface area contributed by atoms with E-state index in [9.17, 15) is 22.8 Å². The summed E-state index contributed by atoms with van der Waals surface area (Å²) in [5, 5.41) is 0. The highest BCUT2D eigenvalue weighted by Crippen LogP contribution is 2.29. The Bertz CT molecular complexity index is 483. The molecule has 0 aliphatic rings. The van der Waals surface area contributed by atoms with Crippen LogP contribution in [-0.4, -0.2) is 25.2 Å². The topological polar surface area (TPSA) is 52.6 Å². The second-order valence-electron chi connectivity index (χ2n) is 3.84. The van der Waals surface area contributed by atoms with Crippen LogP contribution >= 0.6 is 0 Å². The maximum Gasteiger partial charge on any atom is 0.416 e. The number of hydrogen-bond acceptors (Lipinski definition) is 4. The van der Waals surface area contributed by atoms with Gasteiger partial charge in [-0.3, -0.25) is 4.79 Å². The lowest BCUT2D eigenvalue weighted by molar-refractivity contribution is -0.158. The van der Waals surface area contributed by atoms with Gasteiger partial charge in [0, 0.05) is 0 Å². The molecule has 0 bridgehead atoms. The van der Waals surface area contributed by atoms with Gasteiger partial charge >= 0.3 is 18.1 Å². The zero-order valence-corrected chi connectivity index (χ0v) is 10.7. The van der Waals surface area contributed by atoms with Gasteiger partial charge in [-0.15, -0.1) is 0 Å². The fourth-order valence-electron chi connectivity index (χ4n) is 1.42. The lowest BCUT2D eigenvalue weighted by Crippen LogP contribution is -2.17. The molecular formula is C13H13F3O4. The van der Waals surface area contributed by atoms with E-state index in [0.29, 0.717) is 0 Å². The van der Waals surface area contributed by atoms with Gasteiger partial charge in [-0.25, -0.2) is 4.79 Å². The zero-order valence-electron chi connectivity index (χ0n) is 10.7. The van der Waals surface area contributed by atoms with Crippen molar-refractivity contribution in [1.82, 2.24) is 0 Å². The van der Waals surface area contributed by atoms with Crippen molar-refractivity contribution >= 4 is 11.9 Å². The third-order valence-corrected chi connectivity index (χ3v) is 2.26. The summed E-state index contributed by atoms with van der Waals surface area (Å²) in [5.74, 6) is -1.50. The van der Waals surface area contributed by atoms with E-state index in [0.717, 1.165) is 12.1 Å². The molecule has 1 aromatic rings. The summed E-state index contributed by atoms with van der Waals surface area (Å²) in [6.07, 6.45) is -4.81. The van der Waals surface area contributed by atoms with Gasteiger partial charge in [0.05, 0.1) is 18.6 Å². The number of carbonyl (C=O) groups excluding carboxylic acids is 2. The summed E-state index contributed by atoms with van der Waals surface area (Å²) in [7, 11) is 0. The van der Waals surface area contributed by atoms with Crippen LogP contribution in [0.1, 0.15) is 18.1 Å². The highest BCUT2D eigenvalue weighted by atomic mass is 19.4. The van der Waals surface area contributed by atoms with Gasteiger partial charge in [0.1, 0.15) is 0 Å². The minimum atomic E-state index is -4.47. The predicted molar refractivity (Wildman–Crippen MR) is 62.7 cm³/mol. The monoisotopic (exact) mass is 290 g/mol. The van der Waals surface area contributed by atoms with Gasteiger partial charge in [-0.2, -0.15) is 13.2 Å². The van der Waals surface area contributed by atoms with E-state index in [2.05, 4.69) is 9.47 Å². The van der Waals surface area contributed by atoms with E-state index < -0.39 is 30.3 Å². The largest absolute Gasteiger partial charge is 0.463 e. The molecule has 0 aliphatic carbocycles. The number of alkyl halides is 3. The molecule has 1 aromatic carbocycles. The third-order valence-electron chi connectivity index (χ3n) is 2.26. The van der Waals surface area contributed by atoms with Gasteiger partial charge in [0.25, 0.3) is 0 Å². The molecular weight excluding hydrogens is 277 g/mol. The SMILES string of the molecule is CCOC(=O)COC(=O)Cc1cccc(C(F)(F)F)c1. The summed E-state index contributed by atoms with van der Waals surface area (Å²) in [5.41, 5.74) is -0.679. The van der Waals surface area contributed by atoms with E-state index in [1.165, 1.54) is 12.1 Å². The van der Waals surface area contributed by atoms with Gasteiger partial charge in [0.15, 0.2) is 6.61 Å². The quantitative estimate of drug-likeness (QED) is 0.781. The smallest absolute Gasteiger partial charge is 0.416 e. The zero-order chi connectivity index (χ0) is 15.2. The molecule has 0 aromatic heterocycles. The van der Waals surface area contributed by atoms with Crippen LogP contribution in [0.4, 0.5) is 13.2 Å². The first-order chi connectivity index (χ1) is 9.32. The summed E-state index contributed by atoms with van der Waals surface area (Å²) >= 11 is 0. The molecule has 4 nitrogen and oxygen atoms in total. The van der Waals surface area contributed by atoms with Crippen LogP contribution in [0.15, 0.2) is 24.3 Å². The van der Waals surface area contributed by atoms with Crippen LogP contribution < -0.4 is 0 Å². The van der Waals surface area contributed by atoms with Crippen molar-refractivity contribution < 1.29 is 32.2 Å². The second-order valence-corrected chi connectivity index (χ2v) is 3.84. The third kappa shape index (κ3) is 5.29. The van der Waals surface area contributed by atoms with Gasteiger partial charge in [-0.05, 0) is 18.6 Å². The molecule has 110 valence electrons. The van der Waals surface area contributed by atoms with Crippen molar-refractivity contribution in [2.45, 2.75) is 19.5 Å². The van der Waals surface area contributed by atoms with Gasteiger partial charge in [-0.1, -0.05) is 18.2 Å². The molecule has 0 atom stereocenters. The van der Waals surface area contributed by atoms with Crippen molar-refractivity contribution in [3.05, 3.63) is 35.4 Å². The molecule has 20 heavy (non-hydrogen) atoms. The first-order valence-corrected chi connectivity index (χ1v) is 5.80. The Morgan fingerprint density at radius 2 is 1.85 bits per heavy atom. The maximum atomic E-state index is 12.5. The van der Waals surface area contributed by atoms with E-state index in [1.807, 2.05) is 0 Å². The molecule has 0 aliphatic heterocycles. The molecule has 7 heteroatoms. The Hall–Kier alpha value is -2.05. The normalized spacial score (nSPS) is 11.0. The summed E-state index contributed by atoms with van der Waals surface area (Å²) in [6.45, 7) is 1.21. The van der Waals surface area contributed by atoms with Crippen molar-refractivity contribution in [1.29, 1.82) is 0 Å². The predicted octanol–water partition coefficient (Wildman–Crippen LogP) is 2.35. The van der Waals surface area contributed by atoms with E-state index in [-0.39, 0.29) is 18.6 Å². The second kappa shape index (κ2) is 6.93. The number of benzene rings is 1. The van der Waals surface area contributed by atoms with E-state index >= 15 is 0 Å². The first-order valence-electron chi connectivity index (χ1n) is 5.80. The molecule has 0 spiro atoms. The first kappa shape index (κ1) is 16.0. The van der Waals surface area contributed by atoms with Crippen molar-refractivity contribution in [2.24, 2.45) is 0 Å². The van der Waals surface area contributed by atoms with Crippen LogP contribution in [0.5, 0.6) is 0 Å². The Kier molecular flexibility index (Phi) is 5.54. The highest BCUT2D eigenvalue weighted by molar-refractivity contribution is 5.77. The molecule has 0 saturated carbocycles. The number of halogens is 3. The summed E-state index contributed by atoms with van der Waals surface area (Å²) in [4.78, 5) is 22.3. The minimum Gasteiger partial charge on any atom is -0.463 e. The number of esters is 2. The van der Waals surface area contributed by atoms with E-state index in [1.54, 1.807) is 6.92 Å². The fraction of sp³-hybridized carbons (Fsp3) is 0.385. The number of carbonyl (C=O) groups is 2. The van der Waals surface area contributed by atoms with Crippen LogP contribution in [0, 0.1) is 0 Å². The lowest BCUT2D eigenvalue weighted by Gasteiger charge is -2.08. The number of hydrogen-bond donors (Lipinski definition) is 0. The molecule has 0 N–H and O–H groups in total. The Labute approximate surface area is 113 Å². The Morgan fingerprint density at radius 1 is 1.15 bits per heavy atom. The van der Waals surface area contributed by atoms with Crippen LogP contribution in [0.2, 0.25) is 0 Å². The molecule has 0 unspecified atom stereocenters. The standard InChI is InChI=1S/C13H13F3O4/c1-2-19-12(18)8-20-11(17)7-9-4-3-5-10(6-9)13(14,15)16/h3-6H,2,7-8H2,1H3. The van der Waals surface area contributed by atoms with Crippen molar-refractivity contribution in [2.75, 3.05) is 13.2 Å². The van der Waals surface area contributed by atoms with Crippen LogP contribution in [0.3, 0.4) is 0 Å². The molecule has 0 fully saturated rings. The lowest BCUT2D eigenvalue weighted by atomic mass is 10.1.